The summed E-state index contributed by atoms with van der Waals surface area (Å²) in [5.74, 6) is 0.471. The summed E-state index contributed by atoms with van der Waals surface area (Å²) in [5, 5.41) is 9.86. The van der Waals surface area contributed by atoms with Gasteiger partial charge in [0.2, 0.25) is 0 Å². The SMILES string of the molecule is OC1CCCCC1C1=CC=CCC1. The van der Waals surface area contributed by atoms with Crippen LogP contribution >= 0.6 is 0 Å². The molecule has 0 aromatic heterocycles. The molecule has 0 radical (unpaired) electrons. The van der Waals surface area contributed by atoms with Crippen LogP contribution in [0.3, 0.4) is 0 Å². The van der Waals surface area contributed by atoms with Gasteiger partial charge in [-0.25, -0.2) is 0 Å². The number of allylic oxidation sites excluding steroid dienone is 3. The van der Waals surface area contributed by atoms with Crippen LogP contribution in [0.5, 0.6) is 0 Å². The van der Waals surface area contributed by atoms with Crippen LogP contribution in [-0.4, -0.2) is 11.2 Å². The first-order valence-corrected chi connectivity index (χ1v) is 5.41. The monoisotopic (exact) mass is 178 g/mol. The zero-order valence-electron chi connectivity index (χ0n) is 8.08. The molecule has 1 heteroatoms. The number of rotatable bonds is 1. The normalized spacial score (nSPS) is 34.4. The van der Waals surface area contributed by atoms with Crippen molar-refractivity contribution in [3.05, 3.63) is 23.8 Å². The molecule has 2 aliphatic carbocycles. The van der Waals surface area contributed by atoms with Crippen molar-refractivity contribution in [3.63, 3.8) is 0 Å². The Morgan fingerprint density at radius 1 is 1.23 bits per heavy atom. The van der Waals surface area contributed by atoms with Crippen LogP contribution in [0.15, 0.2) is 23.8 Å². The molecule has 0 aliphatic heterocycles. The molecule has 72 valence electrons. The molecule has 0 aromatic rings. The first-order valence-electron chi connectivity index (χ1n) is 5.41. The third-order valence-corrected chi connectivity index (χ3v) is 3.25. The summed E-state index contributed by atoms with van der Waals surface area (Å²) in [4.78, 5) is 0. The minimum absolute atomic E-state index is 0.0634. The average Bonchev–Trinajstić information content (AvgIpc) is 2.20. The molecule has 13 heavy (non-hydrogen) atoms. The molecule has 0 spiro atoms. The van der Waals surface area contributed by atoms with Gasteiger partial charge in [0.15, 0.2) is 0 Å². The summed E-state index contributed by atoms with van der Waals surface area (Å²) in [6, 6.07) is 0. The van der Waals surface area contributed by atoms with Crippen molar-refractivity contribution in [2.75, 3.05) is 0 Å². The molecule has 1 nitrogen and oxygen atoms in total. The molecule has 2 unspecified atom stereocenters. The molecule has 2 atom stereocenters. The quantitative estimate of drug-likeness (QED) is 0.654. The fourth-order valence-corrected chi connectivity index (χ4v) is 2.47. The van der Waals surface area contributed by atoms with Gasteiger partial charge in [-0.1, -0.05) is 36.6 Å². The molecule has 1 saturated carbocycles. The molecule has 0 amide bonds. The Kier molecular flexibility index (Phi) is 2.84. The second kappa shape index (κ2) is 4.10. The Hall–Kier alpha value is -0.560. The van der Waals surface area contributed by atoms with Gasteiger partial charge in [0.05, 0.1) is 6.10 Å². The van der Waals surface area contributed by atoms with Gasteiger partial charge in [0, 0.05) is 5.92 Å². The maximum atomic E-state index is 9.86. The van der Waals surface area contributed by atoms with Crippen molar-refractivity contribution in [1.29, 1.82) is 0 Å². The lowest BCUT2D eigenvalue weighted by molar-refractivity contribution is 0.0857. The Balaban J connectivity index is 2.05. The first-order chi connectivity index (χ1) is 6.38. The van der Waals surface area contributed by atoms with Crippen LogP contribution in [-0.2, 0) is 0 Å². The molecule has 0 saturated heterocycles. The van der Waals surface area contributed by atoms with E-state index < -0.39 is 0 Å². The van der Waals surface area contributed by atoms with Gasteiger partial charge in [0.25, 0.3) is 0 Å². The highest BCUT2D eigenvalue weighted by atomic mass is 16.3. The topological polar surface area (TPSA) is 20.2 Å². The van der Waals surface area contributed by atoms with E-state index >= 15 is 0 Å². The van der Waals surface area contributed by atoms with Crippen molar-refractivity contribution >= 4 is 0 Å². The van der Waals surface area contributed by atoms with Crippen molar-refractivity contribution in [3.8, 4) is 0 Å². The van der Waals surface area contributed by atoms with E-state index in [-0.39, 0.29) is 6.10 Å². The molecule has 2 rings (SSSR count). The smallest absolute Gasteiger partial charge is 0.0605 e. The van der Waals surface area contributed by atoms with Crippen molar-refractivity contribution in [2.45, 2.75) is 44.6 Å². The van der Waals surface area contributed by atoms with Crippen LogP contribution in [0.4, 0.5) is 0 Å². The summed E-state index contributed by atoms with van der Waals surface area (Å²) >= 11 is 0. The Morgan fingerprint density at radius 2 is 2.08 bits per heavy atom. The molecule has 2 aliphatic rings. The van der Waals surface area contributed by atoms with Crippen molar-refractivity contribution in [1.82, 2.24) is 0 Å². The van der Waals surface area contributed by atoms with Crippen LogP contribution in [0, 0.1) is 5.92 Å². The molecular weight excluding hydrogens is 160 g/mol. The van der Waals surface area contributed by atoms with E-state index in [0.29, 0.717) is 5.92 Å². The number of hydrogen-bond acceptors (Lipinski definition) is 1. The van der Waals surface area contributed by atoms with Gasteiger partial charge in [-0.2, -0.15) is 0 Å². The van der Waals surface area contributed by atoms with Gasteiger partial charge in [-0.15, -0.1) is 0 Å². The third kappa shape index (κ3) is 2.02. The fraction of sp³-hybridized carbons (Fsp3) is 0.667. The van der Waals surface area contributed by atoms with Gasteiger partial charge in [0.1, 0.15) is 0 Å². The Bertz CT molecular complexity index is 227. The maximum Gasteiger partial charge on any atom is 0.0605 e. The maximum absolute atomic E-state index is 9.86. The predicted octanol–water partition coefficient (Wildman–Crippen LogP) is 2.81. The predicted molar refractivity (Wildman–Crippen MR) is 54.4 cm³/mol. The van der Waals surface area contributed by atoms with E-state index in [1.54, 1.807) is 0 Å². The molecule has 0 bridgehead atoms. The largest absolute Gasteiger partial charge is 0.393 e. The zero-order chi connectivity index (χ0) is 9.10. The van der Waals surface area contributed by atoms with Crippen molar-refractivity contribution in [2.24, 2.45) is 5.92 Å². The molecule has 0 heterocycles. The molecule has 0 aromatic carbocycles. The standard InChI is InChI=1S/C12H18O/c13-12-9-5-4-8-11(12)10-6-2-1-3-7-10/h1-2,6,11-13H,3-5,7-9H2. The van der Waals surface area contributed by atoms with E-state index in [1.165, 1.54) is 24.8 Å². The van der Waals surface area contributed by atoms with E-state index in [1.807, 2.05) is 0 Å². The zero-order valence-corrected chi connectivity index (χ0v) is 8.08. The minimum Gasteiger partial charge on any atom is -0.393 e. The molecular formula is C12H18O. The lowest BCUT2D eigenvalue weighted by atomic mass is 9.79. The molecule has 1 fully saturated rings. The highest BCUT2D eigenvalue weighted by molar-refractivity contribution is 5.21. The lowest BCUT2D eigenvalue weighted by Crippen LogP contribution is -2.26. The summed E-state index contributed by atoms with van der Waals surface area (Å²) in [5.41, 5.74) is 1.48. The summed E-state index contributed by atoms with van der Waals surface area (Å²) < 4.78 is 0. The second-order valence-electron chi connectivity index (χ2n) is 4.17. The van der Waals surface area contributed by atoms with E-state index in [0.717, 1.165) is 19.3 Å². The highest BCUT2D eigenvalue weighted by Gasteiger charge is 2.25. The average molecular weight is 178 g/mol. The second-order valence-corrected chi connectivity index (χ2v) is 4.17. The van der Waals surface area contributed by atoms with Crippen LogP contribution in [0.1, 0.15) is 38.5 Å². The van der Waals surface area contributed by atoms with Crippen molar-refractivity contribution < 1.29 is 5.11 Å². The fourth-order valence-electron chi connectivity index (χ4n) is 2.47. The van der Waals surface area contributed by atoms with Gasteiger partial charge in [-0.05, 0) is 25.7 Å². The van der Waals surface area contributed by atoms with Crippen LogP contribution in [0.25, 0.3) is 0 Å². The van der Waals surface area contributed by atoms with E-state index in [4.69, 9.17) is 0 Å². The van der Waals surface area contributed by atoms with E-state index in [9.17, 15) is 5.11 Å². The summed E-state index contributed by atoms with van der Waals surface area (Å²) in [7, 11) is 0. The first kappa shape index (κ1) is 9.01. The lowest BCUT2D eigenvalue weighted by Gasteiger charge is -2.30. The third-order valence-electron chi connectivity index (χ3n) is 3.25. The van der Waals surface area contributed by atoms with Crippen LogP contribution in [0.2, 0.25) is 0 Å². The van der Waals surface area contributed by atoms with Crippen LogP contribution < -0.4 is 0 Å². The molecule has 1 N–H and O–H groups in total. The minimum atomic E-state index is -0.0634. The van der Waals surface area contributed by atoms with Gasteiger partial charge in [-0.3, -0.25) is 0 Å². The number of aliphatic hydroxyl groups excluding tert-OH is 1. The van der Waals surface area contributed by atoms with Gasteiger partial charge >= 0.3 is 0 Å². The summed E-state index contributed by atoms with van der Waals surface area (Å²) in [6.45, 7) is 0. The number of aliphatic hydroxyl groups is 1. The van der Waals surface area contributed by atoms with E-state index in [2.05, 4.69) is 18.2 Å². The summed E-state index contributed by atoms with van der Waals surface area (Å²) in [6.07, 6.45) is 13.5. The number of hydrogen-bond donors (Lipinski definition) is 1. The Labute approximate surface area is 80.2 Å². The van der Waals surface area contributed by atoms with Gasteiger partial charge < -0.3 is 5.11 Å². The Morgan fingerprint density at radius 3 is 2.77 bits per heavy atom. The highest BCUT2D eigenvalue weighted by Crippen LogP contribution is 2.33.